The zero-order valence-electron chi connectivity index (χ0n) is 12.4. The lowest BCUT2D eigenvalue weighted by Crippen LogP contribution is -2.20. The summed E-state index contributed by atoms with van der Waals surface area (Å²) in [6.45, 7) is 7.77. The van der Waals surface area contributed by atoms with Crippen molar-refractivity contribution in [3.63, 3.8) is 0 Å². The molecule has 0 radical (unpaired) electrons. The standard InChI is InChI=1S/C16H27NO/c1-6-13(11-17-4)9-14-7-8-16(18-5)15(10-14)12(2)3/h7-8,10,12-13,17H,6,9,11H2,1-5H3. The molecule has 1 atom stereocenters. The third-order valence-electron chi connectivity index (χ3n) is 3.51. The molecule has 1 unspecified atom stereocenters. The van der Waals surface area contributed by atoms with Crippen LogP contribution in [0.2, 0.25) is 0 Å². The molecule has 0 saturated heterocycles. The number of hydrogen-bond donors (Lipinski definition) is 1. The van der Waals surface area contributed by atoms with Crippen LogP contribution in [0.5, 0.6) is 5.75 Å². The second kappa shape index (κ2) is 7.42. The molecule has 0 bridgehead atoms. The van der Waals surface area contributed by atoms with Crippen molar-refractivity contribution in [3.8, 4) is 5.75 Å². The van der Waals surface area contributed by atoms with E-state index >= 15 is 0 Å². The normalized spacial score (nSPS) is 12.8. The first-order valence-electron chi connectivity index (χ1n) is 6.93. The molecule has 2 heteroatoms. The van der Waals surface area contributed by atoms with Crippen LogP contribution in [0.25, 0.3) is 0 Å². The average molecular weight is 249 g/mol. The van der Waals surface area contributed by atoms with E-state index in [9.17, 15) is 0 Å². The number of ether oxygens (including phenoxy) is 1. The van der Waals surface area contributed by atoms with E-state index in [0.29, 0.717) is 11.8 Å². The highest BCUT2D eigenvalue weighted by Gasteiger charge is 2.11. The van der Waals surface area contributed by atoms with Crippen molar-refractivity contribution < 1.29 is 4.74 Å². The van der Waals surface area contributed by atoms with Gasteiger partial charge >= 0.3 is 0 Å². The van der Waals surface area contributed by atoms with Crippen LogP contribution in [0.4, 0.5) is 0 Å². The van der Waals surface area contributed by atoms with Crippen molar-refractivity contribution in [2.45, 2.75) is 39.5 Å². The van der Waals surface area contributed by atoms with E-state index < -0.39 is 0 Å². The number of methoxy groups -OCH3 is 1. The first-order chi connectivity index (χ1) is 8.62. The number of benzene rings is 1. The van der Waals surface area contributed by atoms with Crippen molar-refractivity contribution in [1.29, 1.82) is 0 Å². The molecule has 0 aliphatic carbocycles. The van der Waals surface area contributed by atoms with Crippen LogP contribution in [0.3, 0.4) is 0 Å². The monoisotopic (exact) mass is 249 g/mol. The number of hydrogen-bond acceptors (Lipinski definition) is 2. The minimum absolute atomic E-state index is 0.504. The summed E-state index contributed by atoms with van der Waals surface area (Å²) in [5.41, 5.74) is 2.73. The predicted molar refractivity (Wildman–Crippen MR) is 78.5 cm³/mol. The molecule has 2 nitrogen and oxygen atoms in total. The fourth-order valence-electron chi connectivity index (χ4n) is 2.34. The van der Waals surface area contributed by atoms with Gasteiger partial charge in [-0.05, 0) is 49.0 Å². The van der Waals surface area contributed by atoms with Crippen LogP contribution in [0, 0.1) is 5.92 Å². The molecule has 18 heavy (non-hydrogen) atoms. The fraction of sp³-hybridized carbons (Fsp3) is 0.625. The second-order valence-electron chi connectivity index (χ2n) is 5.27. The Morgan fingerprint density at radius 1 is 1.28 bits per heavy atom. The Labute approximate surface area is 112 Å². The van der Waals surface area contributed by atoms with Gasteiger partial charge < -0.3 is 10.1 Å². The van der Waals surface area contributed by atoms with Crippen molar-refractivity contribution in [1.82, 2.24) is 5.32 Å². The first kappa shape index (κ1) is 15.0. The highest BCUT2D eigenvalue weighted by Crippen LogP contribution is 2.28. The lowest BCUT2D eigenvalue weighted by molar-refractivity contribution is 0.407. The summed E-state index contributed by atoms with van der Waals surface area (Å²) in [7, 11) is 3.77. The van der Waals surface area contributed by atoms with E-state index in [0.717, 1.165) is 18.7 Å². The molecule has 102 valence electrons. The molecule has 0 amide bonds. The van der Waals surface area contributed by atoms with E-state index in [2.05, 4.69) is 44.3 Å². The van der Waals surface area contributed by atoms with Gasteiger partial charge in [0.2, 0.25) is 0 Å². The second-order valence-corrected chi connectivity index (χ2v) is 5.27. The summed E-state index contributed by atoms with van der Waals surface area (Å²) in [6.07, 6.45) is 2.35. The Balaban J connectivity index is 2.87. The molecule has 0 saturated carbocycles. The van der Waals surface area contributed by atoms with Crippen LogP contribution in [-0.4, -0.2) is 20.7 Å². The summed E-state index contributed by atoms with van der Waals surface area (Å²) in [4.78, 5) is 0. The van der Waals surface area contributed by atoms with E-state index in [4.69, 9.17) is 4.74 Å². The topological polar surface area (TPSA) is 21.3 Å². The van der Waals surface area contributed by atoms with Gasteiger partial charge in [-0.1, -0.05) is 39.3 Å². The maximum atomic E-state index is 5.43. The molecule has 1 N–H and O–H groups in total. The van der Waals surface area contributed by atoms with Crippen LogP contribution in [0.15, 0.2) is 18.2 Å². The molecule has 1 aromatic carbocycles. The molecular weight excluding hydrogens is 222 g/mol. The summed E-state index contributed by atoms with van der Waals surface area (Å²) < 4.78 is 5.43. The number of nitrogens with one attached hydrogen (secondary N) is 1. The average Bonchev–Trinajstić information content (AvgIpc) is 2.38. The van der Waals surface area contributed by atoms with Crippen LogP contribution >= 0.6 is 0 Å². The van der Waals surface area contributed by atoms with Gasteiger partial charge in [0.15, 0.2) is 0 Å². The fourth-order valence-corrected chi connectivity index (χ4v) is 2.34. The highest BCUT2D eigenvalue weighted by atomic mass is 16.5. The van der Waals surface area contributed by atoms with E-state index in [1.807, 2.05) is 7.05 Å². The van der Waals surface area contributed by atoms with Crippen molar-refractivity contribution >= 4 is 0 Å². The molecule has 0 spiro atoms. The van der Waals surface area contributed by atoms with Gasteiger partial charge in [0.05, 0.1) is 7.11 Å². The largest absolute Gasteiger partial charge is 0.496 e. The quantitative estimate of drug-likeness (QED) is 0.797. The molecule has 1 rings (SSSR count). The molecular formula is C16H27NO. The van der Waals surface area contributed by atoms with Gasteiger partial charge in [-0.2, -0.15) is 0 Å². The van der Waals surface area contributed by atoms with Crippen LogP contribution in [0.1, 0.15) is 44.2 Å². The van der Waals surface area contributed by atoms with E-state index in [-0.39, 0.29) is 0 Å². The Morgan fingerprint density at radius 3 is 2.50 bits per heavy atom. The summed E-state index contributed by atoms with van der Waals surface area (Å²) >= 11 is 0. The van der Waals surface area contributed by atoms with Crippen molar-refractivity contribution in [2.75, 3.05) is 20.7 Å². The SMILES string of the molecule is CCC(CNC)Cc1ccc(OC)c(C(C)C)c1. The van der Waals surface area contributed by atoms with Gasteiger partial charge in [-0.15, -0.1) is 0 Å². The maximum Gasteiger partial charge on any atom is 0.122 e. The smallest absolute Gasteiger partial charge is 0.122 e. The predicted octanol–water partition coefficient (Wildman–Crippen LogP) is 3.61. The Morgan fingerprint density at radius 2 is 2.00 bits per heavy atom. The van der Waals surface area contributed by atoms with Crippen LogP contribution in [-0.2, 0) is 6.42 Å². The molecule has 1 aromatic rings. The van der Waals surface area contributed by atoms with Gasteiger partial charge in [0.25, 0.3) is 0 Å². The zero-order chi connectivity index (χ0) is 13.5. The van der Waals surface area contributed by atoms with Crippen LogP contribution < -0.4 is 10.1 Å². The highest BCUT2D eigenvalue weighted by molar-refractivity contribution is 5.39. The molecule has 0 aliphatic rings. The molecule has 0 heterocycles. The van der Waals surface area contributed by atoms with Gasteiger partial charge in [-0.25, -0.2) is 0 Å². The van der Waals surface area contributed by atoms with Gasteiger partial charge in [0.1, 0.15) is 5.75 Å². The Bertz CT molecular complexity index is 360. The zero-order valence-corrected chi connectivity index (χ0v) is 12.4. The summed E-state index contributed by atoms with van der Waals surface area (Å²) in [6, 6.07) is 6.61. The minimum Gasteiger partial charge on any atom is -0.496 e. The van der Waals surface area contributed by atoms with Gasteiger partial charge in [0, 0.05) is 0 Å². The summed E-state index contributed by atoms with van der Waals surface area (Å²) in [5, 5.41) is 3.27. The maximum absolute atomic E-state index is 5.43. The molecule has 0 fully saturated rings. The van der Waals surface area contributed by atoms with E-state index in [1.165, 1.54) is 17.5 Å². The minimum atomic E-state index is 0.504. The first-order valence-corrected chi connectivity index (χ1v) is 6.93. The molecule has 0 aliphatic heterocycles. The van der Waals surface area contributed by atoms with Gasteiger partial charge in [-0.3, -0.25) is 0 Å². The lowest BCUT2D eigenvalue weighted by Gasteiger charge is -2.17. The molecule has 0 aromatic heterocycles. The third kappa shape index (κ3) is 4.02. The third-order valence-corrected chi connectivity index (χ3v) is 3.51. The Kier molecular flexibility index (Phi) is 6.20. The van der Waals surface area contributed by atoms with Crippen molar-refractivity contribution in [3.05, 3.63) is 29.3 Å². The summed E-state index contributed by atoms with van der Waals surface area (Å²) in [5.74, 6) is 2.23. The Hall–Kier alpha value is -1.02. The number of rotatable bonds is 7. The van der Waals surface area contributed by atoms with E-state index in [1.54, 1.807) is 7.11 Å². The van der Waals surface area contributed by atoms with Crippen molar-refractivity contribution in [2.24, 2.45) is 5.92 Å². The lowest BCUT2D eigenvalue weighted by atomic mass is 9.93.